The van der Waals surface area contributed by atoms with Crippen molar-refractivity contribution in [3.8, 4) is 0 Å². The Labute approximate surface area is 113 Å². The van der Waals surface area contributed by atoms with Gasteiger partial charge in [0, 0.05) is 19.3 Å². The van der Waals surface area contributed by atoms with Crippen molar-refractivity contribution in [2.75, 3.05) is 18.8 Å². The third kappa shape index (κ3) is 3.23. The highest BCUT2D eigenvalue weighted by Gasteiger charge is 2.31. The van der Waals surface area contributed by atoms with Crippen LogP contribution in [0.25, 0.3) is 0 Å². The van der Waals surface area contributed by atoms with Gasteiger partial charge < -0.3 is 10.8 Å². The van der Waals surface area contributed by atoms with E-state index in [1.54, 1.807) is 6.92 Å². The van der Waals surface area contributed by atoms with Gasteiger partial charge in [-0.15, -0.1) is 0 Å². The summed E-state index contributed by atoms with van der Waals surface area (Å²) in [6.45, 7) is 2.48. The Hall–Kier alpha value is -1.18. The second-order valence-electron chi connectivity index (χ2n) is 5.17. The Morgan fingerprint density at radius 2 is 2.11 bits per heavy atom. The van der Waals surface area contributed by atoms with Gasteiger partial charge in [0.1, 0.15) is 10.7 Å². The van der Waals surface area contributed by atoms with Gasteiger partial charge in [-0.2, -0.15) is 4.31 Å². The van der Waals surface area contributed by atoms with Crippen molar-refractivity contribution in [3.05, 3.63) is 18.3 Å². The molecular weight excluding hydrogens is 266 g/mol. The summed E-state index contributed by atoms with van der Waals surface area (Å²) in [5, 5.41) is 9.99. The maximum Gasteiger partial charge on any atom is 0.244 e. The van der Waals surface area contributed by atoms with Crippen molar-refractivity contribution in [2.45, 2.75) is 36.7 Å². The van der Waals surface area contributed by atoms with E-state index < -0.39 is 15.6 Å². The Morgan fingerprint density at radius 3 is 2.74 bits per heavy atom. The number of nitrogens with zero attached hydrogens (tertiary/aromatic N) is 2. The van der Waals surface area contributed by atoms with E-state index in [1.807, 2.05) is 0 Å². The van der Waals surface area contributed by atoms with Crippen LogP contribution in [-0.2, 0) is 10.0 Å². The van der Waals surface area contributed by atoms with E-state index in [2.05, 4.69) is 4.98 Å². The van der Waals surface area contributed by atoms with Gasteiger partial charge in [0.2, 0.25) is 10.0 Å². The molecule has 106 valence electrons. The molecule has 1 aromatic rings. The molecular formula is C12H19N3O3S. The number of rotatable bonds is 2. The van der Waals surface area contributed by atoms with Crippen LogP contribution < -0.4 is 5.73 Å². The lowest BCUT2D eigenvalue weighted by Gasteiger charge is -2.22. The van der Waals surface area contributed by atoms with Gasteiger partial charge in [0.25, 0.3) is 0 Å². The molecule has 0 radical (unpaired) electrons. The summed E-state index contributed by atoms with van der Waals surface area (Å²) in [7, 11) is -3.55. The summed E-state index contributed by atoms with van der Waals surface area (Å²) in [6.07, 6.45) is 2.97. The Balaban J connectivity index is 2.22. The Bertz CT molecular complexity index is 540. The molecule has 7 heteroatoms. The minimum Gasteiger partial charge on any atom is -0.390 e. The Morgan fingerprint density at radius 1 is 1.37 bits per heavy atom. The van der Waals surface area contributed by atoms with Gasteiger partial charge in [0.15, 0.2) is 0 Å². The zero-order chi connectivity index (χ0) is 14.1. The SMILES string of the molecule is CC1(O)CCCN(S(=O)(=O)c2ccc(N)nc2)CC1. The largest absolute Gasteiger partial charge is 0.390 e. The molecule has 19 heavy (non-hydrogen) atoms. The van der Waals surface area contributed by atoms with Crippen LogP contribution in [0.2, 0.25) is 0 Å². The zero-order valence-electron chi connectivity index (χ0n) is 10.9. The lowest BCUT2D eigenvalue weighted by atomic mass is 9.98. The predicted octanol–water partition coefficient (Wildman–Crippen LogP) is 0.589. The van der Waals surface area contributed by atoms with Gasteiger partial charge >= 0.3 is 0 Å². The number of aliphatic hydroxyl groups is 1. The molecule has 0 aliphatic carbocycles. The summed E-state index contributed by atoms with van der Waals surface area (Å²) in [6, 6.07) is 2.93. The van der Waals surface area contributed by atoms with Crippen molar-refractivity contribution in [3.63, 3.8) is 0 Å². The maximum atomic E-state index is 12.4. The second kappa shape index (κ2) is 5.07. The molecule has 2 rings (SSSR count). The highest BCUT2D eigenvalue weighted by atomic mass is 32.2. The van der Waals surface area contributed by atoms with Crippen molar-refractivity contribution < 1.29 is 13.5 Å². The van der Waals surface area contributed by atoms with Crippen molar-refractivity contribution >= 4 is 15.8 Å². The molecule has 1 unspecified atom stereocenters. The van der Waals surface area contributed by atoms with E-state index in [0.29, 0.717) is 32.4 Å². The number of aromatic nitrogens is 1. The van der Waals surface area contributed by atoms with E-state index in [1.165, 1.54) is 22.6 Å². The summed E-state index contributed by atoms with van der Waals surface area (Å²) in [4.78, 5) is 3.96. The smallest absolute Gasteiger partial charge is 0.244 e. The zero-order valence-corrected chi connectivity index (χ0v) is 11.7. The minimum absolute atomic E-state index is 0.142. The second-order valence-corrected chi connectivity index (χ2v) is 7.11. The van der Waals surface area contributed by atoms with E-state index >= 15 is 0 Å². The number of nitrogen functional groups attached to an aromatic ring is 1. The van der Waals surface area contributed by atoms with Crippen LogP contribution in [0.4, 0.5) is 5.82 Å². The number of hydrogen-bond donors (Lipinski definition) is 2. The van der Waals surface area contributed by atoms with Gasteiger partial charge in [-0.25, -0.2) is 13.4 Å². The fraction of sp³-hybridized carbons (Fsp3) is 0.583. The molecule has 0 spiro atoms. The molecule has 0 aromatic carbocycles. The Kier molecular flexibility index (Phi) is 3.80. The normalized spacial score (nSPS) is 26.0. The van der Waals surface area contributed by atoms with E-state index in [-0.39, 0.29) is 10.7 Å². The van der Waals surface area contributed by atoms with Gasteiger partial charge in [-0.3, -0.25) is 0 Å². The van der Waals surface area contributed by atoms with Crippen LogP contribution in [0.3, 0.4) is 0 Å². The van der Waals surface area contributed by atoms with Crippen molar-refractivity contribution in [1.29, 1.82) is 0 Å². The van der Waals surface area contributed by atoms with E-state index in [0.717, 1.165) is 0 Å². The maximum absolute atomic E-state index is 12.4. The van der Waals surface area contributed by atoms with Crippen molar-refractivity contribution in [1.82, 2.24) is 9.29 Å². The summed E-state index contributed by atoms with van der Waals surface area (Å²) in [5.74, 6) is 0.290. The number of nitrogens with two attached hydrogens (primary N) is 1. The van der Waals surface area contributed by atoms with Crippen LogP contribution >= 0.6 is 0 Å². The highest BCUT2D eigenvalue weighted by molar-refractivity contribution is 7.89. The average molecular weight is 285 g/mol. The van der Waals surface area contributed by atoms with Crippen LogP contribution in [-0.4, -0.2) is 41.5 Å². The quantitative estimate of drug-likeness (QED) is 0.829. The molecule has 1 saturated heterocycles. The third-order valence-corrected chi connectivity index (χ3v) is 5.30. The van der Waals surface area contributed by atoms with Gasteiger partial charge in [-0.05, 0) is 38.3 Å². The average Bonchev–Trinajstić information content (AvgIpc) is 2.51. The van der Waals surface area contributed by atoms with Crippen LogP contribution in [0, 0.1) is 0 Å². The monoisotopic (exact) mass is 285 g/mol. The first-order valence-electron chi connectivity index (χ1n) is 6.25. The predicted molar refractivity (Wildman–Crippen MR) is 71.9 cm³/mol. The van der Waals surface area contributed by atoms with Crippen LogP contribution in [0.15, 0.2) is 23.2 Å². The fourth-order valence-corrected chi connectivity index (χ4v) is 3.60. The first-order chi connectivity index (χ1) is 8.81. The number of anilines is 1. The summed E-state index contributed by atoms with van der Waals surface area (Å²) in [5.41, 5.74) is 4.67. The topological polar surface area (TPSA) is 96.5 Å². The van der Waals surface area contributed by atoms with Crippen LogP contribution in [0.1, 0.15) is 26.2 Å². The van der Waals surface area contributed by atoms with Crippen molar-refractivity contribution in [2.24, 2.45) is 0 Å². The lowest BCUT2D eigenvalue weighted by molar-refractivity contribution is 0.0465. The van der Waals surface area contributed by atoms with Gasteiger partial charge in [-0.1, -0.05) is 0 Å². The minimum atomic E-state index is -3.55. The molecule has 0 saturated carbocycles. The standard InChI is InChI=1S/C12H19N3O3S/c1-12(16)5-2-7-15(8-6-12)19(17,18)10-3-4-11(13)14-9-10/h3-4,9,16H,2,5-8H2,1H3,(H2,13,14). The molecule has 1 fully saturated rings. The fourth-order valence-electron chi connectivity index (χ4n) is 2.17. The highest BCUT2D eigenvalue weighted by Crippen LogP contribution is 2.25. The van der Waals surface area contributed by atoms with Gasteiger partial charge in [0.05, 0.1) is 5.60 Å². The molecule has 0 amide bonds. The number of sulfonamides is 1. The molecule has 1 aromatic heterocycles. The molecule has 0 bridgehead atoms. The first kappa shape index (κ1) is 14.2. The molecule has 3 N–H and O–H groups in total. The first-order valence-corrected chi connectivity index (χ1v) is 7.69. The molecule has 1 aliphatic rings. The molecule has 2 heterocycles. The molecule has 6 nitrogen and oxygen atoms in total. The lowest BCUT2D eigenvalue weighted by Crippen LogP contribution is -2.33. The third-order valence-electron chi connectivity index (χ3n) is 3.42. The van der Waals surface area contributed by atoms with E-state index in [4.69, 9.17) is 5.73 Å². The molecule has 1 aliphatic heterocycles. The molecule has 1 atom stereocenters. The van der Waals surface area contributed by atoms with E-state index in [9.17, 15) is 13.5 Å². The number of hydrogen-bond acceptors (Lipinski definition) is 5. The summed E-state index contributed by atoms with van der Waals surface area (Å²) < 4.78 is 26.3. The van der Waals surface area contributed by atoms with Crippen LogP contribution in [0.5, 0.6) is 0 Å². The summed E-state index contributed by atoms with van der Waals surface area (Å²) >= 11 is 0. The number of pyridine rings is 1.